The third-order valence-corrected chi connectivity index (χ3v) is 3.71. The first-order chi connectivity index (χ1) is 9.08. The lowest BCUT2D eigenvalue weighted by Crippen LogP contribution is -2.53. The molecule has 1 unspecified atom stereocenters. The lowest BCUT2D eigenvalue weighted by molar-refractivity contribution is -0.384. The summed E-state index contributed by atoms with van der Waals surface area (Å²) < 4.78 is 0.605. The van der Waals surface area contributed by atoms with Crippen molar-refractivity contribution in [3.8, 4) is 0 Å². The molecular formula is C12H15N3O2S2. The van der Waals surface area contributed by atoms with Crippen LogP contribution in [0.4, 0.5) is 5.69 Å². The number of nitrogens with one attached hydrogen (secondary N) is 1. The second kappa shape index (κ2) is 6.31. The van der Waals surface area contributed by atoms with Crippen molar-refractivity contribution in [1.29, 1.82) is 0 Å². The average molecular weight is 297 g/mol. The van der Waals surface area contributed by atoms with E-state index in [1.165, 1.54) is 12.1 Å². The van der Waals surface area contributed by atoms with E-state index >= 15 is 0 Å². The Balaban J connectivity index is 2.06. The number of thiocarbonyl (C=S) groups is 1. The molecule has 0 radical (unpaired) electrons. The maximum absolute atomic E-state index is 10.6. The van der Waals surface area contributed by atoms with E-state index in [4.69, 9.17) is 12.2 Å². The van der Waals surface area contributed by atoms with Gasteiger partial charge in [-0.1, -0.05) is 24.4 Å². The number of nitrogens with zero attached hydrogens (tertiary/aromatic N) is 2. The van der Waals surface area contributed by atoms with Crippen LogP contribution in [-0.2, 0) is 6.42 Å². The SMILES string of the molecule is O=[N+]([O-])c1ccc(CC2CNCCN2C(=S)S)cc1. The Morgan fingerprint density at radius 1 is 1.53 bits per heavy atom. The summed E-state index contributed by atoms with van der Waals surface area (Å²) >= 11 is 9.39. The summed E-state index contributed by atoms with van der Waals surface area (Å²) in [6.07, 6.45) is 0.797. The van der Waals surface area contributed by atoms with Crippen molar-refractivity contribution in [1.82, 2.24) is 10.2 Å². The highest BCUT2D eigenvalue weighted by atomic mass is 32.1. The zero-order valence-electron chi connectivity index (χ0n) is 10.3. The first-order valence-corrected chi connectivity index (χ1v) is 6.87. The Hall–Kier alpha value is -1.18. The van der Waals surface area contributed by atoms with Crippen molar-refractivity contribution in [2.75, 3.05) is 19.6 Å². The van der Waals surface area contributed by atoms with E-state index in [-0.39, 0.29) is 16.7 Å². The third kappa shape index (κ3) is 3.65. The molecule has 1 heterocycles. The van der Waals surface area contributed by atoms with Gasteiger partial charge < -0.3 is 10.2 Å². The van der Waals surface area contributed by atoms with E-state index in [9.17, 15) is 10.1 Å². The van der Waals surface area contributed by atoms with Gasteiger partial charge in [-0.15, -0.1) is 12.6 Å². The second-order valence-electron chi connectivity index (χ2n) is 4.46. The van der Waals surface area contributed by atoms with Crippen molar-refractivity contribution in [2.45, 2.75) is 12.5 Å². The highest BCUT2D eigenvalue weighted by molar-refractivity contribution is 8.10. The Kier molecular flexibility index (Phi) is 4.73. The van der Waals surface area contributed by atoms with Crippen molar-refractivity contribution in [3.05, 3.63) is 39.9 Å². The molecule has 0 bridgehead atoms. The molecule has 7 heteroatoms. The van der Waals surface area contributed by atoms with Gasteiger partial charge in [0.1, 0.15) is 4.32 Å². The first-order valence-electron chi connectivity index (χ1n) is 6.01. The van der Waals surface area contributed by atoms with Crippen LogP contribution in [0.3, 0.4) is 0 Å². The molecule has 1 fully saturated rings. The third-order valence-electron chi connectivity index (χ3n) is 3.21. The van der Waals surface area contributed by atoms with Crippen LogP contribution in [0, 0.1) is 10.1 Å². The van der Waals surface area contributed by atoms with Gasteiger partial charge in [0.15, 0.2) is 0 Å². The molecular weight excluding hydrogens is 282 g/mol. The minimum atomic E-state index is -0.388. The van der Waals surface area contributed by atoms with E-state index in [1.54, 1.807) is 12.1 Å². The molecule has 0 spiro atoms. The molecule has 0 aromatic heterocycles. The minimum absolute atomic E-state index is 0.118. The normalized spacial score (nSPS) is 19.2. The van der Waals surface area contributed by atoms with Crippen molar-refractivity contribution < 1.29 is 4.92 Å². The molecule has 19 heavy (non-hydrogen) atoms. The summed E-state index contributed by atoms with van der Waals surface area (Å²) in [5, 5.41) is 13.9. The number of nitro groups is 1. The molecule has 0 saturated carbocycles. The lowest BCUT2D eigenvalue weighted by atomic mass is 10.0. The predicted octanol–water partition coefficient (Wildman–Crippen LogP) is 1.63. The second-order valence-corrected chi connectivity index (χ2v) is 5.57. The van der Waals surface area contributed by atoms with E-state index in [1.807, 2.05) is 0 Å². The van der Waals surface area contributed by atoms with Crippen LogP contribution in [0.5, 0.6) is 0 Å². The van der Waals surface area contributed by atoms with Crippen LogP contribution in [0.15, 0.2) is 24.3 Å². The molecule has 1 atom stereocenters. The summed E-state index contributed by atoms with van der Waals surface area (Å²) in [6.45, 7) is 2.59. The molecule has 1 saturated heterocycles. The Morgan fingerprint density at radius 2 is 2.21 bits per heavy atom. The fourth-order valence-corrected chi connectivity index (χ4v) is 2.72. The van der Waals surface area contributed by atoms with Gasteiger partial charge in [0.2, 0.25) is 0 Å². The standard InChI is InChI=1S/C12H15N3O2S2/c16-15(17)10-3-1-9(2-4-10)7-11-8-13-5-6-14(11)12(18)19/h1-4,11,13H,5-8H2,(H,18,19). The summed E-state index contributed by atoms with van der Waals surface area (Å²) in [4.78, 5) is 12.3. The fraction of sp³-hybridized carbons (Fsp3) is 0.417. The van der Waals surface area contributed by atoms with Crippen molar-refractivity contribution in [3.63, 3.8) is 0 Å². The summed E-state index contributed by atoms with van der Waals surface area (Å²) in [5.74, 6) is 0. The van der Waals surface area contributed by atoms with Crippen LogP contribution < -0.4 is 5.32 Å². The van der Waals surface area contributed by atoms with Crippen molar-refractivity contribution >= 4 is 34.9 Å². The van der Waals surface area contributed by atoms with Crippen molar-refractivity contribution in [2.24, 2.45) is 0 Å². The van der Waals surface area contributed by atoms with Crippen LogP contribution in [0.25, 0.3) is 0 Å². The van der Waals surface area contributed by atoms with Gasteiger partial charge in [0.05, 0.1) is 4.92 Å². The van der Waals surface area contributed by atoms with Gasteiger partial charge in [0.25, 0.3) is 5.69 Å². The number of rotatable bonds is 3. The highest BCUT2D eigenvalue weighted by Crippen LogP contribution is 2.16. The minimum Gasteiger partial charge on any atom is -0.352 e. The molecule has 2 rings (SSSR count). The molecule has 0 aliphatic carbocycles. The molecule has 1 N–H and O–H groups in total. The number of nitro benzene ring substituents is 1. The number of benzene rings is 1. The monoisotopic (exact) mass is 297 g/mol. The molecule has 1 aromatic rings. The molecule has 0 amide bonds. The van der Waals surface area contributed by atoms with Gasteiger partial charge in [-0.05, 0) is 12.0 Å². The van der Waals surface area contributed by atoms with Gasteiger partial charge in [-0.2, -0.15) is 0 Å². The molecule has 1 aromatic carbocycles. The molecule has 1 aliphatic heterocycles. The highest BCUT2D eigenvalue weighted by Gasteiger charge is 2.23. The maximum Gasteiger partial charge on any atom is 0.269 e. The number of piperazine rings is 1. The quantitative estimate of drug-likeness (QED) is 0.384. The molecule has 102 valence electrons. The smallest absolute Gasteiger partial charge is 0.269 e. The number of non-ortho nitro benzene ring substituents is 1. The van der Waals surface area contributed by atoms with Gasteiger partial charge >= 0.3 is 0 Å². The van der Waals surface area contributed by atoms with Gasteiger partial charge in [-0.3, -0.25) is 10.1 Å². The van der Waals surface area contributed by atoms with Crippen LogP contribution in [-0.4, -0.2) is 39.8 Å². The van der Waals surface area contributed by atoms with E-state index < -0.39 is 0 Å². The maximum atomic E-state index is 10.6. The first kappa shape index (κ1) is 14.2. The summed E-state index contributed by atoms with van der Waals surface area (Å²) in [6, 6.07) is 6.92. The number of thiol groups is 1. The van der Waals surface area contributed by atoms with E-state index in [0.29, 0.717) is 4.32 Å². The van der Waals surface area contributed by atoms with Gasteiger partial charge in [-0.25, -0.2) is 0 Å². The van der Waals surface area contributed by atoms with Crippen LogP contribution >= 0.6 is 24.8 Å². The topological polar surface area (TPSA) is 58.4 Å². The fourth-order valence-electron chi connectivity index (χ4n) is 2.22. The lowest BCUT2D eigenvalue weighted by Gasteiger charge is -2.36. The Labute approximate surface area is 122 Å². The largest absolute Gasteiger partial charge is 0.352 e. The Bertz CT molecular complexity index is 478. The zero-order valence-corrected chi connectivity index (χ0v) is 12.0. The van der Waals surface area contributed by atoms with Crippen LogP contribution in [0.1, 0.15) is 5.56 Å². The summed E-state index contributed by atoms with van der Waals surface area (Å²) in [5.41, 5.74) is 1.18. The van der Waals surface area contributed by atoms with E-state index in [2.05, 4.69) is 22.8 Å². The zero-order chi connectivity index (χ0) is 13.8. The Morgan fingerprint density at radius 3 is 2.79 bits per heavy atom. The van der Waals surface area contributed by atoms with Gasteiger partial charge in [0, 0.05) is 37.8 Å². The summed E-state index contributed by atoms with van der Waals surface area (Å²) in [7, 11) is 0. The average Bonchev–Trinajstić information content (AvgIpc) is 2.39. The predicted molar refractivity (Wildman–Crippen MR) is 81.7 cm³/mol. The molecule has 5 nitrogen and oxygen atoms in total. The van der Waals surface area contributed by atoms with E-state index in [0.717, 1.165) is 31.6 Å². The van der Waals surface area contributed by atoms with Crippen LogP contribution in [0.2, 0.25) is 0 Å². The number of hydrogen-bond donors (Lipinski definition) is 2. The number of hydrogen-bond acceptors (Lipinski definition) is 4. The molecule has 1 aliphatic rings.